The molecule has 0 N–H and O–H groups in total. The highest BCUT2D eigenvalue weighted by Gasteiger charge is 2.19. The van der Waals surface area contributed by atoms with Crippen LogP contribution in [0.2, 0.25) is 0 Å². The van der Waals surface area contributed by atoms with E-state index in [1.807, 2.05) is 71.3 Å². The van der Waals surface area contributed by atoms with E-state index in [0.717, 1.165) is 27.4 Å². The first kappa shape index (κ1) is 17.5. The number of hydrogen-bond donors (Lipinski definition) is 0. The lowest BCUT2D eigenvalue weighted by molar-refractivity contribution is 1.19. The van der Waals surface area contributed by atoms with E-state index < -0.39 is 208 Å². The van der Waals surface area contributed by atoms with Crippen molar-refractivity contribution in [1.29, 1.82) is 0 Å². The first-order chi connectivity index (χ1) is 40.6. The van der Waals surface area contributed by atoms with Crippen LogP contribution in [-0.2, 0) is 0 Å². The molecule has 1 aromatic heterocycles. The summed E-state index contributed by atoms with van der Waals surface area (Å²) >= 11 is 0. The van der Waals surface area contributed by atoms with Crippen LogP contribution in [0, 0.1) is 0 Å². The summed E-state index contributed by atoms with van der Waals surface area (Å²) in [5, 5.41) is 3.34. The molecule has 0 aliphatic heterocycles. The Bertz CT molecular complexity index is 4720. The molecule has 2 nitrogen and oxygen atoms in total. The van der Waals surface area contributed by atoms with Crippen molar-refractivity contribution in [2.24, 2.45) is 0 Å². The summed E-state index contributed by atoms with van der Waals surface area (Å²) in [5.74, 6) is 0. The van der Waals surface area contributed by atoms with E-state index >= 15 is 0 Å². The molecule has 0 bridgehead atoms. The smallest absolute Gasteiger partial charge is 0.0645 e. The average molecular weight is 791 g/mol. The summed E-state index contributed by atoms with van der Waals surface area (Å²) < 4.78 is 238. The molecule has 0 saturated heterocycles. The molecular weight excluding hydrogens is 725 g/mol. The molecule has 0 aliphatic carbocycles. The highest BCUT2D eigenvalue weighted by molar-refractivity contribution is 6.10. The summed E-state index contributed by atoms with van der Waals surface area (Å²) in [5.41, 5.74) is -6.31. The molecule has 0 atom stereocenters. The fourth-order valence-electron chi connectivity index (χ4n) is 7.13. The Kier molecular flexibility index (Phi) is 4.40. The minimum absolute atomic E-state index is 0.145. The predicted octanol–water partition coefficient (Wildman–Crippen LogP) is 16.1. The van der Waals surface area contributed by atoms with Gasteiger partial charge in [0.1, 0.15) is 0 Å². The number of para-hydroxylation sites is 2. The molecule has 0 unspecified atom stereocenters. The quantitative estimate of drug-likeness (QED) is 0.149. The molecule has 60 heavy (non-hydrogen) atoms. The van der Waals surface area contributed by atoms with Crippen molar-refractivity contribution >= 4 is 49.6 Å². The van der Waals surface area contributed by atoms with E-state index in [0.29, 0.717) is 15.8 Å². The molecule has 282 valence electrons. The van der Waals surface area contributed by atoms with Gasteiger partial charge in [0.05, 0.1) is 52.4 Å². The van der Waals surface area contributed by atoms with Gasteiger partial charge >= 0.3 is 0 Å². The number of nitrogens with zero attached hydrogens (tertiary/aromatic N) is 2. The SMILES string of the molecule is [2H]c1c([2H])c([2H])c(-c2c([2H])c([2H])c(-c3c([2H])c([2H])c([2H])c([2H])c3N(c3c([2H])c([2H])c(-c4ccc5c(c4)c4ccccc4n5-c4ccc5ccccc5c4)c([2H])c3[2H])c3c([2H])c([2H])c(-c4c([2H])c([2H])c([2H])c([2H])c4[2H])c([2H])c3[2H])c([2H])c2[2H])c([2H])c1[2H]. The number of benzene rings is 10. The first-order valence-electron chi connectivity index (χ1n) is 31.5. The van der Waals surface area contributed by atoms with Crippen molar-refractivity contribution in [1.82, 2.24) is 4.57 Å². The maximum atomic E-state index is 9.87. The Morgan fingerprint density at radius 1 is 0.350 bits per heavy atom. The van der Waals surface area contributed by atoms with Gasteiger partial charge in [-0.15, -0.1) is 0 Å². The first-order valence-corrected chi connectivity index (χ1v) is 18.5. The van der Waals surface area contributed by atoms with Crippen molar-refractivity contribution in [3.63, 3.8) is 0 Å². The number of hydrogen-bond acceptors (Lipinski definition) is 1. The lowest BCUT2D eigenvalue weighted by atomic mass is 9.98. The van der Waals surface area contributed by atoms with Crippen molar-refractivity contribution in [2.45, 2.75) is 0 Å². The second kappa shape index (κ2) is 15.1. The van der Waals surface area contributed by atoms with Crippen molar-refractivity contribution in [2.75, 3.05) is 4.90 Å². The van der Waals surface area contributed by atoms with E-state index in [4.69, 9.17) is 16.4 Å². The Morgan fingerprint density at radius 2 is 0.867 bits per heavy atom. The van der Waals surface area contributed by atoms with Crippen molar-refractivity contribution in [3.8, 4) is 50.2 Å². The third-order valence-corrected chi connectivity index (χ3v) is 9.89. The second-order valence-electron chi connectivity index (χ2n) is 13.4. The maximum absolute atomic E-state index is 9.87. The lowest BCUT2D eigenvalue weighted by Crippen LogP contribution is -2.11. The summed E-state index contributed by atoms with van der Waals surface area (Å²) in [6.07, 6.45) is 0. The van der Waals surface area contributed by atoms with Gasteiger partial charge in [0.25, 0.3) is 0 Å². The number of rotatable bonds is 8. The van der Waals surface area contributed by atoms with Crippen LogP contribution < -0.4 is 4.90 Å². The molecule has 10 aromatic carbocycles. The van der Waals surface area contributed by atoms with Crippen LogP contribution in [0.4, 0.5) is 17.1 Å². The van der Waals surface area contributed by atoms with Gasteiger partial charge < -0.3 is 9.47 Å². The molecule has 11 aromatic rings. The van der Waals surface area contributed by atoms with Crippen LogP contribution in [0.3, 0.4) is 0 Å². The number of aromatic nitrogens is 1. The number of anilines is 3. The van der Waals surface area contributed by atoms with E-state index in [2.05, 4.69) is 0 Å². The van der Waals surface area contributed by atoms with Crippen LogP contribution in [0.5, 0.6) is 0 Å². The Labute approximate surface area is 387 Å². The minimum atomic E-state index is -1.21. The fraction of sp³-hybridized carbons (Fsp3) is 0. The van der Waals surface area contributed by atoms with Crippen molar-refractivity contribution < 1.29 is 35.6 Å². The highest BCUT2D eigenvalue weighted by Crippen LogP contribution is 2.43. The third kappa shape index (κ3) is 6.41. The maximum Gasteiger partial charge on any atom is 0.0645 e. The number of fused-ring (bicyclic) bond motifs is 4. The fourth-order valence-corrected chi connectivity index (χ4v) is 7.13. The topological polar surface area (TPSA) is 8.17 Å². The summed E-state index contributed by atoms with van der Waals surface area (Å²) in [6, 6.07) is -0.280. The van der Waals surface area contributed by atoms with Crippen molar-refractivity contribution in [3.05, 3.63) is 242 Å². The van der Waals surface area contributed by atoms with Crippen LogP contribution in [0.15, 0.2) is 242 Å². The van der Waals surface area contributed by atoms with Gasteiger partial charge in [-0.3, -0.25) is 0 Å². The van der Waals surface area contributed by atoms with Gasteiger partial charge in [0, 0.05) is 33.4 Å². The average Bonchev–Trinajstić information content (AvgIpc) is 1.17. The third-order valence-electron chi connectivity index (χ3n) is 9.89. The zero-order valence-electron chi connectivity index (χ0n) is 57.0. The van der Waals surface area contributed by atoms with Gasteiger partial charge in [-0.2, -0.15) is 0 Å². The van der Waals surface area contributed by atoms with Crippen LogP contribution in [0.25, 0.3) is 82.8 Å². The molecule has 0 saturated carbocycles. The minimum Gasteiger partial charge on any atom is -0.310 e. The normalized spacial score (nSPS) is 17.4. The lowest BCUT2D eigenvalue weighted by Gasteiger charge is -2.28. The molecular formula is C58H40N2. The standard InChI is InChI=1S/C58H40N2/c1-3-13-41(14-4-1)44-23-25-47(26-24-44)53-19-9-11-21-56(53)59(50-33-27-45(28-34-50)42-15-5-2-6-16-42)51-35-29-46(30-36-51)49-32-38-58-55(40-49)54-20-10-12-22-57(54)60(58)52-37-31-43-17-7-8-18-48(43)39-52/h1-40H/i1D,2D,3D,4D,5D,6D,9D,11D,13D,14D,15D,16D,19D,21D,23D,24D,25D,26D,27D,28D,29D,30D,33D,34D,35D,36D. The molecule has 0 spiro atoms. The second-order valence-corrected chi connectivity index (χ2v) is 13.4. The summed E-state index contributed by atoms with van der Waals surface area (Å²) in [6.45, 7) is 0. The molecule has 0 radical (unpaired) electrons. The van der Waals surface area contributed by atoms with Crippen LogP contribution >= 0.6 is 0 Å². The van der Waals surface area contributed by atoms with E-state index in [1.54, 1.807) is 18.2 Å². The molecule has 2 heteroatoms. The molecule has 0 amide bonds. The largest absolute Gasteiger partial charge is 0.310 e. The van der Waals surface area contributed by atoms with E-state index in [1.165, 1.54) is 0 Å². The predicted molar refractivity (Wildman–Crippen MR) is 255 cm³/mol. The van der Waals surface area contributed by atoms with Gasteiger partial charge in [0.2, 0.25) is 0 Å². The van der Waals surface area contributed by atoms with Gasteiger partial charge in [-0.25, -0.2) is 0 Å². The highest BCUT2D eigenvalue weighted by atomic mass is 15.1. The zero-order chi connectivity index (χ0) is 62.5. The molecule has 11 rings (SSSR count). The van der Waals surface area contributed by atoms with E-state index in [-0.39, 0.29) is 11.1 Å². The zero-order valence-corrected chi connectivity index (χ0v) is 31.0. The molecule has 0 aliphatic rings. The Balaban J connectivity index is 1.24. The van der Waals surface area contributed by atoms with Gasteiger partial charge in [0.15, 0.2) is 0 Å². The van der Waals surface area contributed by atoms with E-state index in [9.17, 15) is 19.2 Å². The van der Waals surface area contributed by atoms with Crippen LogP contribution in [0.1, 0.15) is 35.6 Å². The van der Waals surface area contributed by atoms with Gasteiger partial charge in [-0.05, 0) is 110 Å². The molecule has 0 fully saturated rings. The Morgan fingerprint density at radius 3 is 1.55 bits per heavy atom. The molecule has 1 heterocycles. The van der Waals surface area contributed by atoms with Gasteiger partial charge in [-0.1, -0.05) is 181 Å². The Hall–Kier alpha value is -7.94. The summed E-state index contributed by atoms with van der Waals surface area (Å²) in [4.78, 5) is 0.445. The summed E-state index contributed by atoms with van der Waals surface area (Å²) in [7, 11) is 0. The monoisotopic (exact) mass is 790 g/mol. The van der Waals surface area contributed by atoms with Crippen LogP contribution in [-0.4, -0.2) is 4.57 Å².